The van der Waals surface area contributed by atoms with Crippen molar-refractivity contribution >= 4 is 21.7 Å². The lowest BCUT2D eigenvalue weighted by Crippen LogP contribution is -2.00. The molecule has 3 nitrogen and oxygen atoms in total. The zero-order valence-corrected chi connectivity index (χ0v) is 11.8. The maximum atomic E-state index is 13.4. The van der Waals surface area contributed by atoms with Crippen LogP contribution in [0.4, 0.5) is 10.2 Å². The second-order valence-corrected chi connectivity index (χ2v) is 4.75. The molecule has 2 aromatic rings. The number of rotatable bonds is 3. The van der Waals surface area contributed by atoms with E-state index in [9.17, 15) is 4.39 Å². The lowest BCUT2D eigenvalue weighted by Gasteiger charge is -2.07. The predicted octanol–water partition coefficient (Wildman–Crippen LogP) is 3.65. The molecule has 0 saturated heterocycles. The smallest absolute Gasteiger partial charge is 0.161 e. The summed E-state index contributed by atoms with van der Waals surface area (Å²) >= 11 is 3.27. The van der Waals surface area contributed by atoms with Gasteiger partial charge in [0.2, 0.25) is 0 Å². The number of anilines is 1. The fraction of sp³-hybridized carbons (Fsp3) is 0.231. The highest BCUT2D eigenvalue weighted by Gasteiger charge is 2.08. The molecule has 1 aromatic heterocycles. The molecule has 1 N–H and O–H groups in total. The van der Waals surface area contributed by atoms with Gasteiger partial charge in [-0.1, -0.05) is 22.9 Å². The molecule has 0 aliphatic rings. The van der Waals surface area contributed by atoms with Crippen molar-refractivity contribution in [3.8, 4) is 11.4 Å². The van der Waals surface area contributed by atoms with Gasteiger partial charge < -0.3 is 5.32 Å². The Morgan fingerprint density at radius 1 is 1.22 bits per heavy atom. The van der Waals surface area contributed by atoms with Crippen molar-refractivity contribution in [3.05, 3.63) is 40.2 Å². The van der Waals surface area contributed by atoms with Gasteiger partial charge in [0.1, 0.15) is 11.6 Å². The van der Waals surface area contributed by atoms with E-state index in [2.05, 4.69) is 31.2 Å². The summed E-state index contributed by atoms with van der Waals surface area (Å²) in [4.78, 5) is 8.76. The topological polar surface area (TPSA) is 37.8 Å². The molecule has 0 aliphatic carbocycles. The van der Waals surface area contributed by atoms with Crippen molar-refractivity contribution in [2.24, 2.45) is 0 Å². The molecule has 0 unspecified atom stereocenters. The predicted molar refractivity (Wildman–Crippen MR) is 74.1 cm³/mol. The molecule has 1 heterocycles. The number of halogens is 2. The van der Waals surface area contributed by atoms with E-state index in [1.165, 1.54) is 12.1 Å². The molecule has 94 valence electrons. The van der Waals surface area contributed by atoms with Crippen molar-refractivity contribution < 1.29 is 4.39 Å². The normalized spacial score (nSPS) is 10.4. The minimum Gasteiger partial charge on any atom is -0.373 e. The highest BCUT2D eigenvalue weighted by Crippen LogP contribution is 2.23. The minimum absolute atomic E-state index is 0.309. The van der Waals surface area contributed by atoms with E-state index >= 15 is 0 Å². The highest BCUT2D eigenvalue weighted by atomic mass is 79.9. The van der Waals surface area contributed by atoms with Crippen LogP contribution in [0.25, 0.3) is 11.4 Å². The molecular formula is C13H13BrFN3. The summed E-state index contributed by atoms with van der Waals surface area (Å²) in [6.45, 7) is 2.02. The Hall–Kier alpha value is -1.49. The van der Waals surface area contributed by atoms with E-state index < -0.39 is 0 Å². The summed E-state index contributed by atoms with van der Waals surface area (Å²) in [5.41, 5.74) is 1.58. The quantitative estimate of drug-likeness (QED) is 0.940. The number of nitrogens with one attached hydrogen (secondary N) is 1. The second-order valence-electron chi connectivity index (χ2n) is 3.83. The first-order valence-corrected chi connectivity index (χ1v) is 6.44. The van der Waals surface area contributed by atoms with Crippen LogP contribution in [0.3, 0.4) is 0 Å². The van der Waals surface area contributed by atoms with Gasteiger partial charge in [-0.2, -0.15) is 0 Å². The Balaban J connectivity index is 2.55. The molecular weight excluding hydrogens is 297 g/mol. The van der Waals surface area contributed by atoms with Gasteiger partial charge in [0, 0.05) is 28.8 Å². The van der Waals surface area contributed by atoms with Crippen LogP contribution in [-0.4, -0.2) is 17.0 Å². The fourth-order valence-corrected chi connectivity index (χ4v) is 2.08. The molecule has 18 heavy (non-hydrogen) atoms. The zero-order chi connectivity index (χ0) is 13.1. The first-order chi connectivity index (χ1) is 8.62. The van der Waals surface area contributed by atoms with E-state index in [1.807, 2.05) is 13.0 Å². The van der Waals surface area contributed by atoms with Gasteiger partial charge in [-0.15, -0.1) is 0 Å². The summed E-state index contributed by atoms with van der Waals surface area (Å²) in [6.07, 6.45) is 0.806. The van der Waals surface area contributed by atoms with Crippen molar-refractivity contribution in [1.29, 1.82) is 0 Å². The molecule has 2 rings (SSSR count). The van der Waals surface area contributed by atoms with Crippen molar-refractivity contribution in [2.75, 3.05) is 12.4 Å². The van der Waals surface area contributed by atoms with Gasteiger partial charge in [0.15, 0.2) is 5.82 Å². The Bertz CT molecular complexity index is 530. The van der Waals surface area contributed by atoms with Crippen LogP contribution in [-0.2, 0) is 6.42 Å². The molecule has 5 heteroatoms. The SMILES string of the molecule is CCc1cc(NC)nc(-c2cc(F)cc(Br)c2)n1. The molecule has 0 atom stereocenters. The van der Waals surface area contributed by atoms with Crippen molar-refractivity contribution in [1.82, 2.24) is 9.97 Å². The van der Waals surface area contributed by atoms with Crippen molar-refractivity contribution in [2.45, 2.75) is 13.3 Å². The lowest BCUT2D eigenvalue weighted by molar-refractivity contribution is 0.627. The van der Waals surface area contributed by atoms with Gasteiger partial charge in [0.05, 0.1) is 0 Å². The summed E-state index contributed by atoms with van der Waals surface area (Å²) < 4.78 is 14.1. The van der Waals surface area contributed by atoms with Crippen molar-refractivity contribution in [3.63, 3.8) is 0 Å². The van der Waals surface area contributed by atoms with Crippen LogP contribution < -0.4 is 5.32 Å². The molecule has 0 radical (unpaired) electrons. The summed E-state index contributed by atoms with van der Waals surface area (Å²) in [6, 6.07) is 6.53. The standard InChI is InChI=1S/C13H13BrFN3/c1-3-11-7-12(16-2)18-13(17-11)8-4-9(14)6-10(15)5-8/h4-7H,3H2,1-2H3,(H,16,17,18). The molecule has 0 aliphatic heterocycles. The maximum absolute atomic E-state index is 13.4. The van der Waals surface area contributed by atoms with E-state index in [-0.39, 0.29) is 5.82 Å². The van der Waals surface area contributed by atoms with Crippen LogP contribution >= 0.6 is 15.9 Å². The molecule has 0 saturated carbocycles. The molecule has 0 fully saturated rings. The van der Waals surface area contributed by atoms with Crippen LogP contribution in [0.1, 0.15) is 12.6 Å². The second kappa shape index (κ2) is 5.44. The number of aromatic nitrogens is 2. The lowest BCUT2D eigenvalue weighted by atomic mass is 10.2. The van der Waals surface area contributed by atoms with Crippen LogP contribution in [0.15, 0.2) is 28.7 Å². The number of hydrogen-bond donors (Lipinski definition) is 1. The average Bonchev–Trinajstić information content (AvgIpc) is 2.37. The van der Waals surface area contributed by atoms with Gasteiger partial charge >= 0.3 is 0 Å². The first-order valence-electron chi connectivity index (χ1n) is 5.64. The third-order valence-electron chi connectivity index (χ3n) is 2.52. The molecule has 0 spiro atoms. The van der Waals surface area contributed by atoms with E-state index in [0.717, 1.165) is 17.9 Å². The highest BCUT2D eigenvalue weighted by molar-refractivity contribution is 9.10. The molecule has 0 bridgehead atoms. The summed E-state index contributed by atoms with van der Waals surface area (Å²) in [7, 11) is 1.80. The Kier molecular flexibility index (Phi) is 3.91. The molecule has 1 aromatic carbocycles. The first kappa shape index (κ1) is 13.0. The fourth-order valence-electron chi connectivity index (χ4n) is 1.62. The van der Waals surface area contributed by atoms with E-state index in [4.69, 9.17) is 0 Å². The van der Waals surface area contributed by atoms with E-state index in [1.54, 1.807) is 13.1 Å². The van der Waals surface area contributed by atoms with Crippen LogP contribution in [0.5, 0.6) is 0 Å². The zero-order valence-electron chi connectivity index (χ0n) is 10.2. The molecule has 0 amide bonds. The average molecular weight is 310 g/mol. The summed E-state index contributed by atoms with van der Waals surface area (Å²) in [5.74, 6) is 0.951. The van der Waals surface area contributed by atoms with Gasteiger partial charge in [-0.05, 0) is 24.6 Å². The Morgan fingerprint density at radius 2 is 2.00 bits per heavy atom. The third-order valence-corrected chi connectivity index (χ3v) is 2.98. The Labute approximate surface area is 114 Å². The van der Waals surface area contributed by atoms with Crippen LogP contribution in [0, 0.1) is 5.82 Å². The van der Waals surface area contributed by atoms with E-state index in [0.29, 0.717) is 15.9 Å². The maximum Gasteiger partial charge on any atom is 0.161 e. The monoisotopic (exact) mass is 309 g/mol. The third kappa shape index (κ3) is 2.85. The van der Waals surface area contributed by atoms with Gasteiger partial charge in [0.25, 0.3) is 0 Å². The van der Waals surface area contributed by atoms with Gasteiger partial charge in [-0.25, -0.2) is 14.4 Å². The van der Waals surface area contributed by atoms with Gasteiger partial charge in [-0.3, -0.25) is 0 Å². The minimum atomic E-state index is -0.309. The number of aryl methyl sites for hydroxylation is 1. The summed E-state index contributed by atoms with van der Waals surface area (Å²) in [5, 5.41) is 2.98. The number of nitrogens with zero attached hydrogens (tertiary/aromatic N) is 2. The van der Waals surface area contributed by atoms with Crippen LogP contribution in [0.2, 0.25) is 0 Å². The number of hydrogen-bond acceptors (Lipinski definition) is 3. The largest absolute Gasteiger partial charge is 0.373 e. The number of benzene rings is 1. The Morgan fingerprint density at radius 3 is 2.61 bits per heavy atom.